The van der Waals surface area contributed by atoms with E-state index in [1.165, 1.54) is 11.3 Å². The van der Waals surface area contributed by atoms with Crippen LogP contribution < -0.4 is 5.32 Å². The smallest absolute Gasteiger partial charge is 0.169 e. The molecule has 0 fully saturated rings. The Balaban J connectivity index is 1.52. The van der Waals surface area contributed by atoms with E-state index in [9.17, 15) is 4.79 Å². The number of hydrogen-bond donors (Lipinski definition) is 1. The summed E-state index contributed by atoms with van der Waals surface area (Å²) in [6.07, 6.45) is 3.67. The lowest BCUT2D eigenvalue weighted by molar-refractivity contribution is 0.102. The molecule has 0 saturated carbocycles. The van der Waals surface area contributed by atoms with Crippen LogP contribution in [0.3, 0.4) is 0 Å². The number of Topliss-reactive ketones (excluding diaryl/α,β-unsaturated/α-hetero) is 1. The van der Waals surface area contributed by atoms with Crippen LogP contribution >= 0.6 is 11.3 Å². The van der Waals surface area contributed by atoms with Gasteiger partial charge >= 0.3 is 0 Å². The summed E-state index contributed by atoms with van der Waals surface area (Å²) in [5, 5.41) is 13.5. The Morgan fingerprint density at radius 1 is 1.25 bits per heavy atom. The molecule has 4 rings (SSSR count). The Bertz CT molecular complexity index is 1180. The van der Waals surface area contributed by atoms with E-state index in [0.717, 1.165) is 31.9 Å². The molecule has 1 N–H and O–H groups in total. The number of imidazole rings is 1. The van der Waals surface area contributed by atoms with Gasteiger partial charge in [0.25, 0.3) is 0 Å². The molecule has 2 aromatic heterocycles. The van der Waals surface area contributed by atoms with Crippen molar-refractivity contribution in [3.63, 3.8) is 0 Å². The first-order chi connectivity index (χ1) is 13.6. The second kappa shape index (κ2) is 7.67. The monoisotopic (exact) mass is 386 g/mol. The summed E-state index contributed by atoms with van der Waals surface area (Å²) in [5.74, 6) is 0.0904. The van der Waals surface area contributed by atoms with Crippen molar-refractivity contribution in [2.75, 3.05) is 5.32 Å². The molecule has 0 amide bonds. The van der Waals surface area contributed by atoms with Gasteiger partial charge in [0, 0.05) is 28.5 Å². The number of aromatic nitrogens is 2. The Kier molecular flexibility index (Phi) is 4.92. The van der Waals surface area contributed by atoms with Crippen molar-refractivity contribution in [3.8, 4) is 6.07 Å². The van der Waals surface area contributed by atoms with E-state index in [0.29, 0.717) is 18.7 Å². The van der Waals surface area contributed by atoms with Gasteiger partial charge in [0.15, 0.2) is 5.78 Å². The zero-order chi connectivity index (χ0) is 19.5. The molecular weight excluding hydrogens is 368 g/mol. The number of ketones is 1. The molecule has 6 heteroatoms. The lowest BCUT2D eigenvalue weighted by atomic mass is 10.1. The first kappa shape index (κ1) is 18.0. The van der Waals surface area contributed by atoms with Crippen LogP contribution in [-0.4, -0.2) is 15.3 Å². The molecule has 0 aliphatic carbocycles. The van der Waals surface area contributed by atoms with Gasteiger partial charge in [-0.05, 0) is 42.8 Å². The van der Waals surface area contributed by atoms with E-state index in [4.69, 9.17) is 5.26 Å². The lowest BCUT2D eigenvalue weighted by Crippen LogP contribution is -2.08. The van der Waals surface area contributed by atoms with Gasteiger partial charge in [-0.25, -0.2) is 4.98 Å². The number of fused-ring (bicyclic) bond motifs is 1. The zero-order valence-corrected chi connectivity index (χ0v) is 16.2. The SMILES string of the molecule is CC(=O)c1cc2c(NCc3cncn3Cc3ccc(C#N)cc3)cccc2s1. The summed E-state index contributed by atoms with van der Waals surface area (Å²) in [6, 6.07) is 17.7. The first-order valence-corrected chi connectivity index (χ1v) is 9.71. The fourth-order valence-corrected chi connectivity index (χ4v) is 4.08. The number of nitrogens with zero attached hydrogens (tertiary/aromatic N) is 3. The van der Waals surface area contributed by atoms with Crippen molar-refractivity contribution in [1.82, 2.24) is 9.55 Å². The fourth-order valence-electron chi connectivity index (χ4n) is 3.09. The summed E-state index contributed by atoms with van der Waals surface area (Å²) >= 11 is 1.52. The minimum absolute atomic E-state index is 0.0904. The molecule has 0 saturated heterocycles. The molecule has 2 heterocycles. The van der Waals surface area contributed by atoms with E-state index in [1.54, 1.807) is 6.92 Å². The van der Waals surface area contributed by atoms with Gasteiger partial charge < -0.3 is 9.88 Å². The quantitative estimate of drug-likeness (QED) is 0.482. The number of benzene rings is 2. The maximum absolute atomic E-state index is 11.7. The van der Waals surface area contributed by atoms with Crippen molar-refractivity contribution < 1.29 is 4.79 Å². The van der Waals surface area contributed by atoms with Crippen molar-refractivity contribution in [1.29, 1.82) is 5.26 Å². The van der Waals surface area contributed by atoms with Gasteiger partial charge in [-0.3, -0.25) is 4.79 Å². The second-order valence-electron chi connectivity index (χ2n) is 6.56. The van der Waals surface area contributed by atoms with Gasteiger partial charge in [0.1, 0.15) is 0 Å². The summed E-state index contributed by atoms with van der Waals surface area (Å²) in [7, 11) is 0. The summed E-state index contributed by atoms with van der Waals surface area (Å²) < 4.78 is 3.18. The molecule has 28 heavy (non-hydrogen) atoms. The van der Waals surface area contributed by atoms with Crippen LogP contribution in [-0.2, 0) is 13.1 Å². The minimum Gasteiger partial charge on any atom is -0.379 e. The molecule has 0 spiro atoms. The van der Waals surface area contributed by atoms with Crippen LogP contribution in [0.25, 0.3) is 10.1 Å². The molecule has 0 aliphatic rings. The summed E-state index contributed by atoms with van der Waals surface area (Å²) in [5.41, 5.74) is 3.84. The van der Waals surface area contributed by atoms with Crippen molar-refractivity contribution in [2.24, 2.45) is 0 Å². The largest absolute Gasteiger partial charge is 0.379 e. The Morgan fingerprint density at radius 3 is 2.82 bits per heavy atom. The van der Waals surface area contributed by atoms with E-state index < -0.39 is 0 Å². The van der Waals surface area contributed by atoms with E-state index >= 15 is 0 Å². The summed E-state index contributed by atoms with van der Waals surface area (Å²) in [4.78, 5) is 16.7. The van der Waals surface area contributed by atoms with Crippen LogP contribution in [0, 0.1) is 11.3 Å². The van der Waals surface area contributed by atoms with Crippen LogP contribution in [0.5, 0.6) is 0 Å². The lowest BCUT2D eigenvalue weighted by Gasteiger charge is -2.11. The average molecular weight is 386 g/mol. The number of rotatable bonds is 6. The van der Waals surface area contributed by atoms with Gasteiger partial charge in [-0.2, -0.15) is 5.26 Å². The molecule has 0 bridgehead atoms. The fraction of sp³-hybridized carbons (Fsp3) is 0.136. The maximum Gasteiger partial charge on any atom is 0.169 e. The average Bonchev–Trinajstić information content (AvgIpc) is 3.34. The first-order valence-electron chi connectivity index (χ1n) is 8.89. The number of thiophene rings is 1. The van der Waals surface area contributed by atoms with Crippen LogP contribution in [0.1, 0.15) is 33.4 Å². The molecule has 0 atom stereocenters. The Morgan fingerprint density at radius 2 is 2.07 bits per heavy atom. The Hall–Kier alpha value is -3.43. The number of nitrogens with one attached hydrogen (secondary N) is 1. The Labute approximate surface area is 166 Å². The van der Waals surface area contributed by atoms with Crippen LogP contribution in [0.2, 0.25) is 0 Å². The molecule has 5 nitrogen and oxygen atoms in total. The van der Waals surface area contributed by atoms with Crippen LogP contribution in [0.4, 0.5) is 5.69 Å². The molecule has 0 aliphatic heterocycles. The molecule has 4 aromatic rings. The normalized spacial score (nSPS) is 10.7. The standard InChI is InChI=1S/C22H18N4OS/c1-15(27)22-9-19-20(3-2-4-21(19)28-22)25-12-18-11-24-14-26(18)13-17-7-5-16(10-23)6-8-17/h2-9,11,14,25H,12-13H2,1H3. The van der Waals surface area contributed by atoms with E-state index in [1.807, 2.05) is 61.1 Å². The third-order valence-corrected chi connectivity index (χ3v) is 5.80. The topological polar surface area (TPSA) is 70.7 Å². The number of anilines is 1. The maximum atomic E-state index is 11.7. The molecule has 2 aromatic carbocycles. The molecule has 0 radical (unpaired) electrons. The molecule has 0 unspecified atom stereocenters. The van der Waals surface area contributed by atoms with Gasteiger partial charge in [-0.1, -0.05) is 18.2 Å². The third-order valence-electron chi connectivity index (χ3n) is 4.60. The minimum atomic E-state index is 0.0904. The van der Waals surface area contributed by atoms with Crippen LogP contribution in [0.15, 0.2) is 61.1 Å². The predicted molar refractivity (Wildman–Crippen MR) is 112 cm³/mol. The highest BCUT2D eigenvalue weighted by Crippen LogP contribution is 2.31. The number of nitriles is 1. The summed E-state index contributed by atoms with van der Waals surface area (Å²) in [6.45, 7) is 2.92. The molecule has 138 valence electrons. The second-order valence-corrected chi connectivity index (χ2v) is 7.64. The predicted octanol–water partition coefficient (Wildman–Crippen LogP) is 4.83. The van der Waals surface area contributed by atoms with Gasteiger partial charge in [-0.15, -0.1) is 11.3 Å². The van der Waals surface area contributed by atoms with Gasteiger partial charge in [0.05, 0.1) is 35.1 Å². The van der Waals surface area contributed by atoms with Crippen molar-refractivity contribution in [2.45, 2.75) is 20.0 Å². The van der Waals surface area contributed by atoms with E-state index in [-0.39, 0.29) is 5.78 Å². The third kappa shape index (κ3) is 3.66. The number of carbonyl (C=O) groups is 1. The highest BCUT2D eigenvalue weighted by Gasteiger charge is 2.10. The van der Waals surface area contributed by atoms with Crippen molar-refractivity contribution in [3.05, 3.63) is 82.8 Å². The number of carbonyl (C=O) groups excluding carboxylic acids is 1. The number of hydrogen-bond acceptors (Lipinski definition) is 5. The molecular formula is C22H18N4OS. The highest BCUT2D eigenvalue weighted by atomic mass is 32.1. The van der Waals surface area contributed by atoms with Crippen molar-refractivity contribution >= 4 is 32.9 Å². The van der Waals surface area contributed by atoms with E-state index in [2.05, 4.69) is 20.9 Å². The highest BCUT2D eigenvalue weighted by molar-refractivity contribution is 7.20. The van der Waals surface area contributed by atoms with Gasteiger partial charge in [0.2, 0.25) is 0 Å². The zero-order valence-electron chi connectivity index (χ0n) is 15.3.